The van der Waals surface area contributed by atoms with E-state index in [0.717, 1.165) is 23.7 Å². The highest BCUT2D eigenvalue weighted by atomic mass is 16.4. The summed E-state index contributed by atoms with van der Waals surface area (Å²) in [5, 5.41) is 19.5. The molecule has 18 heavy (non-hydrogen) atoms. The van der Waals surface area contributed by atoms with Gasteiger partial charge >= 0.3 is 5.97 Å². The van der Waals surface area contributed by atoms with Gasteiger partial charge in [-0.15, -0.1) is 0 Å². The number of fused-ring (bicyclic) bond motifs is 3. The third-order valence-corrected chi connectivity index (χ3v) is 3.67. The van der Waals surface area contributed by atoms with Gasteiger partial charge in [0.25, 0.3) is 0 Å². The molecule has 1 aromatic carbocycles. The molecule has 0 saturated carbocycles. The Morgan fingerprint density at radius 2 is 2.06 bits per heavy atom. The molecule has 0 amide bonds. The van der Waals surface area contributed by atoms with Gasteiger partial charge in [0.2, 0.25) is 0 Å². The van der Waals surface area contributed by atoms with Gasteiger partial charge in [-0.1, -0.05) is 6.07 Å². The van der Waals surface area contributed by atoms with E-state index in [1.165, 1.54) is 24.1 Å². The van der Waals surface area contributed by atoms with Gasteiger partial charge in [0, 0.05) is 16.6 Å². The van der Waals surface area contributed by atoms with Gasteiger partial charge < -0.3 is 15.2 Å². The van der Waals surface area contributed by atoms with Gasteiger partial charge in [-0.2, -0.15) is 0 Å². The maximum Gasteiger partial charge on any atom is 0.337 e. The minimum atomic E-state index is -1.44. The monoisotopic (exact) mass is 245 g/mol. The van der Waals surface area contributed by atoms with Crippen LogP contribution in [0.1, 0.15) is 35.8 Å². The molecule has 0 spiro atoms. The molecule has 2 aromatic rings. The zero-order valence-corrected chi connectivity index (χ0v) is 9.94. The highest BCUT2D eigenvalue weighted by molar-refractivity contribution is 5.87. The van der Waals surface area contributed by atoms with Gasteiger partial charge in [0.15, 0.2) is 6.10 Å². The van der Waals surface area contributed by atoms with Crippen LogP contribution >= 0.6 is 0 Å². The molecule has 0 aliphatic heterocycles. The number of aromatic amines is 1. The van der Waals surface area contributed by atoms with Gasteiger partial charge in [-0.25, -0.2) is 4.79 Å². The van der Waals surface area contributed by atoms with E-state index in [1.54, 1.807) is 12.1 Å². The Morgan fingerprint density at radius 3 is 2.83 bits per heavy atom. The second-order valence-electron chi connectivity index (χ2n) is 4.84. The Kier molecular flexibility index (Phi) is 2.59. The third-order valence-electron chi connectivity index (χ3n) is 3.67. The fourth-order valence-corrected chi connectivity index (χ4v) is 2.74. The molecule has 1 atom stereocenters. The van der Waals surface area contributed by atoms with Crippen molar-refractivity contribution in [3.63, 3.8) is 0 Å². The van der Waals surface area contributed by atoms with Crippen LogP contribution < -0.4 is 0 Å². The second kappa shape index (κ2) is 4.14. The van der Waals surface area contributed by atoms with Crippen molar-refractivity contribution in [2.45, 2.75) is 31.8 Å². The lowest BCUT2D eigenvalue weighted by Gasteiger charge is -2.11. The maximum atomic E-state index is 10.8. The molecule has 0 bridgehead atoms. The van der Waals surface area contributed by atoms with Crippen LogP contribution in [0.5, 0.6) is 0 Å². The van der Waals surface area contributed by atoms with Crippen molar-refractivity contribution in [3.8, 4) is 0 Å². The SMILES string of the molecule is O=C(O)C(O)c1ccc2[nH]c3c(c2c1)CCCC3. The molecule has 1 aliphatic carbocycles. The molecular weight excluding hydrogens is 230 g/mol. The Morgan fingerprint density at radius 1 is 1.28 bits per heavy atom. The molecule has 3 N–H and O–H groups in total. The first-order chi connectivity index (χ1) is 8.66. The van der Waals surface area contributed by atoms with E-state index in [0.29, 0.717) is 5.56 Å². The molecule has 4 nitrogen and oxygen atoms in total. The van der Waals surface area contributed by atoms with E-state index in [1.807, 2.05) is 6.07 Å². The lowest BCUT2D eigenvalue weighted by molar-refractivity contribution is -0.146. The largest absolute Gasteiger partial charge is 0.479 e. The molecule has 0 fully saturated rings. The number of aliphatic hydroxyl groups excluding tert-OH is 1. The third kappa shape index (κ3) is 1.69. The summed E-state index contributed by atoms with van der Waals surface area (Å²) >= 11 is 0. The minimum Gasteiger partial charge on any atom is -0.479 e. The number of carbonyl (C=O) groups is 1. The van der Waals surface area contributed by atoms with Crippen molar-refractivity contribution in [1.29, 1.82) is 0 Å². The van der Waals surface area contributed by atoms with Crippen molar-refractivity contribution >= 4 is 16.9 Å². The number of aliphatic carboxylic acids is 1. The number of hydrogen-bond donors (Lipinski definition) is 3. The van der Waals surface area contributed by atoms with E-state index >= 15 is 0 Å². The summed E-state index contributed by atoms with van der Waals surface area (Å²) in [6, 6.07) is 5.33. The first-order valence-corrected chi connectivity index (χ1v) is 6.21. The summed E-state index contributed by atoms with van der Waals surface area (Å²) in [7, 11) is 0. The van der Waals surface area contributed by atoms with E-state index in [9.17, 15) is 9.90 Å². The summed E-state index contributed by atoms with van der Waals surface area (Å²) in [4.78, 5) is 14.2. The van der Waals surface area contributed by atoms with E-state index in [4.69, 9.17) is 5.11 Å². The van der Waals surface area contributed by atoms with Crippen molar-refractivity contribution in [3.05, 3.63) is 35.0 Å². The summed E-state index contributed by atoms with van der Waals surface area (Å²) < 4.78 is 0. The Balaban J connectivity index is 2.13. The number of aryl methyl sites for hydroxylation is 2. The molecule has 94 valence electrons. The maximum absolute atomic E-state index is 10.8. The number of aromatic nitrogens is 1. The standard InChI is InChI=1S/C14H15NO3/c16-13(14(17)18)8-5-6-12-10(7-8)9-3-1-2-4-11(9)15-12/h5-7,13,15-16H,1-4H2,(H,17,18). The highest BCUT2D eigenvalue weighted by Crippen LogP contribution is 2.30. The van der Waals surface area contributed by atoms with Crippen LogP contribution in [-0.4, -0.2) is 21.2 Å². The lowest BCUT2D eigenvalue weighted by Crippen LogP contribution is -2.10. The number of rotatable bonds is 2. The Hall–Kier alpha value is -1.81. The summed E-state index contributed by atoms with van der Waals surface area (Å²) in [5.74, 6) is -1.21. The van der Waals surface area contributed by atoms with Crippen LogP contribution in [0.4, 0.5) is 0 Å². The number of benzene rings is 1. The number of carboxylic acids is 1. The number of carboxylic acid groups (broad SMARTS) is 1. The molecule has 3 rings (SSSR count). The first kappa shape index (κ1) is 11.3. The number of H-pyrrole nitrogens is 1. The van der Waals surface area contributed by atoms with Gasteiger partial charge in [-0.3, -0.25) is 0 Å². The van der Waals surface area contributed by atoms with Crippen molar-refractivity contribution in [2.24, 2.45) is 0 Å². The van der Waals surface area contributed by atoms with E-state index < -0.39 is 12.1 Å². The first-order valence-electron chi connectivity index (χ1n) is 6.21. The Labute approximate surface area is 104 Å². The van der Waals surface area contributed by atoms with Crippen LogP contribution in [0, 0.1) is 0 Å². The smallest absolute Gasteiger partial charge is 0.337 e. The lowest BCUT2D eigenvalue weighted by atomic mass is 9.94. The highest BCUT2D eigenvalue weighted by Gasteiger charge is 2.19. The zero-order valence-electron chi connectivity index (χ0n) is 9.94. The molecule has 1 heterocycles. The quantitative estimate of drug-likeness (QED) is 0.759. The second-order valence-corrected chi connectivity index (χ2v) is 4.84. The van der Waals surface area contributed by atoms with E-state index in [-0.39, 0.29) is 0 Å². The van der Waals surface area contributed by atoms with Crippen LogP contribution in [0.3, 0.4) is 0 Å². The molecular formula is C14H15NO3. The number of nitrogens with one attached hydrogen (secondary N) is 1. The van der Waals surface area contributed by atoms with Crippen molar-refractivity contribution < 1.29 is 15.0 Å². The average Bonchev–Trinajstić information content (AvgIpc) is 2.75. The Bertz CT molecular complexity index is 615. The normalized spacial score (nSPS) is 16.5. The predicted molar refractivity (Wildman–Crippen MR) is 67.5 cm³/mol. The summed E-state index contributed by atoms with van der Waals surface area (Å²) in [5.41, 5.74) is 4.03. The topological polar surface area (TPSA) is 73.3 Å². The molecule has 0 saturated heterocycles. The number of hydrogen-bond acceptors (Lipinski definition) is 2. The van der Waals surface area contributed by atoms with Gasteiger partial charge in [0.1, 0.15) is 0 Å². The van der Waals surface area contributed by atoms with Gasteiger partial charge in [0.05, 0.1) is 0 Å². The molecule has 1 aliphatic rings. The van der Waals surface area contributed by atoms with Crippen LogP contribution in [0.2, 0.25) is 0 Å². The van der Waals surface area contributed by atoms with Crippen LogP contribution in [0.25, 0.3) is 10.9 Å². The fraction of sp³-hybridized carbons (Fsp3) is 0.357. The minimum absolute atomic E-state index is 0.447. The molecule has 4 heteroatoms. The van der Waals surface area contributed by atoms with Crippen molar-refractivity contribution in [1.82, 2.24) is 4.98 Å². The molecule has 0 radical (unpaired) electrons. The van der Waals surface area contributed by atoms with Crippen LogP contribution in [0.15, 0.2) is 18.2 Å². The zero-order chi connectivity index (χ0) is 12.7. The van der Waals surface area contributed by atoms with Crippen molar-refractivity contribution in [2.75, 3.05) is 0 Å². The number of aliphatic hydroxyl groups is 1. The van der Waals surface area contributed by atoms with E-state index in [2.05, 4.69) is 4.98 Å². The fourth-order valence-electron chi connectivity index (χ4n) is 2.74. The molecule has 1 aromatic heterocycles. The summed E-state index contributed by atoms with van der Waals surface area (Å²) in [6.45, 7) is 0. The van der Waals surface area contributed by atoms with Gasteiger partial charge in [-0.05, 0) is 48.9 Å². The molecule has 1 unspecified atom stereocenters. The van der Waals surface area contributed by atoms with Crippen LogP contribution in [-0.2, 0) is 17.6 Å². The predicted octanol–water partition coefficient (Wildman–Crippen LogP) is 2.16. The average molecular weight is 245 g/mol. The summed E-state index contributed by atoms with van der Waals surface area (Å²) in [6.07, 6.45) is 3.02.